The molecule has 0 aliphatic rings. The summed E-state index contributed by atoms with van der Waals surface area (Å²) in [6.07, 6.45) is 5.17. The van der Waals surface area contributed by atoms with E-state index in [0.29, 0.717) is 18.2 Å². The standard InChI is InChI=1S/C15H15N5O/c1-20(10-12-2-4-14(21)5-3-12)15(18-11-16)19-13-6-8-17-9-7-13/h2-9,21H,10H2,1H3,(H,17,18,19). The molecule has 1 heterocycles. The van der Waals surface area contributed by atoms with Gasteiger partial charge in [0, 0.05) is 26.0 Å². The van der Waals surface area contributed by atoms with E-state index in [1.54, 1.807) is 36.7 Å². The van der Waals surface area contributed by atoms with Crippen molar-refractivity contribution in [3.8, 4) is 11.9 Å². The Hall–Kier alpha value is -3.07. The number of guanidine groups is 1. The summed E-state index contributed by atoms with van der Waals surface area (Å²) in [6.45, 7) is 0.554. The molecule has 1 aromatic carbocycles. The topological polar surface area (TPSA) is 84.5 Å². The van der Waals surface area contributed by atoms with Gasteiger partial charge in [-0.2, -0.15) is 5.26 Å². The fraction of sp³-hybridized carbons (Fsp3) is 0.133. The molecule has 0 radical (unpaired) electrons. The zero-order valence-electron chi connectivity index (χ0n) is 11.6. The number of benzene rings is 1. The molecule has 1 aromatic heterocycles. The highest BCUT2D eigenvalue weighted by molar-refractivity contribution is 5.83. The van der Waals surface area contributed by atoms with E-state index in [0.717, 1.165) is 5.56 Å². The molecule has 106 valence electrons. The fourth-order valence-electron chi connectivity index (χ4n) is 1.75. The van der Waals surface area contributed by atoms with Crippen molar-refractivity contribution >= 4 is 11.6 Å². The van der Waals surface area contributed by atoms with Gasteiger partial charge >= 0.3 is 0 Å². The number of aliphatic imine (C=N–C) groups is 1. The summed E-state index contributed by atoms with van der Waals surface area (Å²) in [4.78, 5) is 10.1. The predicted octanol–water partition coefficient (Wildman–Crippen LogP) is 1.98. The van der Waals surface area contributed by atoms with Gasteiger partial charge in [0.2, 0.25) is 5.96 Å². The number of phenolic OH excluding ortho intramolecular Hbond substituents is 1. The van der Waals surface area contributed by atoms with Gasteiger partial charge in [-0.3, -0.25) is 10.3 Å². The Kier molecular flexibility index (Phi) is 4.72. The minimum Gasteiger partial charge on any atom is -0.508 e. The zero-order valence-corrected chi connectivity index (χ0v) is 11.6. The third-order valence-corrected chi connectivity index (χ3v) is 2.78. The molecule has 0 saturated carbocycles. The predicted molar refractivity (Wildman–Crippen MR) is 79.7 cm³/mol. The van der Waals surface area contributed by atoms with Gasteiger partial charge in [0.25, 0.3) is 0 Å². The minimum absolute atomic E-state index is 0.224. The van der Waals surface area contributed by atoms with Gasteiger partial charge in [0.15, 0.2) is 6.19 Å². The zero-order chi connectivity index (χ0) is 15.1. The van der Waals surface area contributed by atoms with E-state index in [1.165, 1.54) is 0 Å². The highest BCUT2D eigenvalue weighted by Gasteiger charge is 2.07. The van der Waals surface area contributed by atoms with Crippen LogP contribution in [-0.4, -0.2) is 28.0 Å². The van der Waals surface area contributed by atoms with Crippen molar-refractivity contribution in [1.82, 2.24) is 15.2 Å². The molecule has 0 atom stereocenters. The number of hydrogen-bond acceptors (Lipinski definition) is 4. The molecule has 6 heteroatoms. The second kappa shape index (κ2) is 6.91. The Morgan fingerprint density at radius 1 is 1.29 bits per heavy atom. The number of hydrogen-bond donors (Lipinski definition) is 2. The van der Waals surface area contributed by atoms with E-state index in [2.05, 4.69) is 15.3 Å². The lowest BCUT2D eigenvalue weighted by atomic mass is 10.2. The van der Waals surface area contributed by atoms with Gasteiger partial charge in [-0.05, 0) is 29.8 Å². The molecule has 2 aromatic rings. The van der Waals surface area contributed by atoms with Crippen LogP contribution in [0.25, 0.3) is 0 Å². The lowest BCUT2D eigenvalue weighted by Gasteiger charge is -2.19. The summed E-state index contributed by atoms with van der Waals surface area (Å²) in [5.41, 5.74) is 1.71. The van der Waals surface area contributed by atoms with Crippen molar-refractivity contribution < 1.29 is 5.11 Å². The molecule has 6 nitrogen and oxygen atoms in total. The van der Waals surface area contributed by atoms with E-state index in [9.17, 15) is 5.11 Å². The quantitative estimate of drug-likeness (QED) is 0.389. The molecule has 0 aliphatic carbocycles. The van der Waals surface area contributed by atoms with Crippen LogP contribution >= 0.6 is 0 Å². The first-order valence-corrected chi connectivity index (χ1v) is 6.32. The van der Waals surface area contributed by atoms with E-state index in [-0.39, 0.29) is 5.75 Å². The molecule has 2 rings (SSSR count). The van der Waals surface area contributed by atoms with Gasteiger partial charge in [0.05, 0.1) is 5.69 Å². The van der Waals surface area contributed by atoms with Crippen LogP contribution < -0.4 is 5.32 Å². The van der Waals surface area contributed by atoms with Gasteiger partial charge in [-0.1, -0.05) is 12.1 Å². The molecule has 0 saturated heterocycles. The van der Waals surface area contributed by atoms with E-state index in [4.69, 9.17) is 5.26 Å². The second-order valence-corrected chi connectivity index (χ2v) is 4.40. The van der Waals surface area contributed by atoms with Crippen LogP contribution in [0.15, 0.2) is 53.8 Å². The summed E-state index contributed by atoms with van der Waals surface area (Å²) < 4.78 is 0. The number of pyridine rings is 1. The van der Waals surface area contributed by atoms with Crippen LogP contribution in [0.2, 0.25) is 0 Å². The number of nitrogens with zero attached hydrogens (tertiary/aromatic N) is 4. The maximum absolute atomic E-state index is 9.28. The van der Waals surface area contributed by atoms with E-state index in [1.807, 2.05) is 30.3 Å². The van der Waals surface area contributed by atoms with E-state index < -0.39 is 0 Å². The third-order valence-electron chi connectivity index (χ3n) is 2.78. The van der Waals surface area contributed by atoms with E-state index >= 15 is 0 Å². The molecule has 0 aliphatic heterocycles. The molecule has 21 heavy (non-hydrogen) atoms. The summed E-state index contributed by atoms with van der Waals surface area (Å²) in [6, 6.07) is 10.4. The molecule has 2 N–H and O–H groups in total. The highest BCUT2D eigenvalue weighted by atomic mass is 16.3. The largest absolute Gasteiger partial charge is 0.508 e. The van der Waals surface area contributed by atoms with Crippen LogP contribution in [0, 0.1) is 11.5 Å². The Balaban J connectivity index is 2.16. The average molecular weight is 281 g/mol. The first-order valence-electron chi connectivity index (χ1n) is 6.32. The molecule has 0 amide bonds. The number of aromatic hydroxyl groups is 1. The number of rotatable bonds is 3. The van der Waals surface area contributed by atoms with Crippen LogP contribution in [0.5, 0.6) is 5.75 Å². The monoisotopic (exact) mass is 281 g/mol. The summed E-state index contributed by atoms with van der Waals surface area (Å²) in [7, 11) is 1.83. The van der Waals surface area contributed by atoms with Gasteiger partial charge in [0.1, 0.15) is 5.75 Å². The van der Waals surface area contributed by atoms with Crippen molar-refractivity contribution in [3.63, 3.8) is 0 Å². The molecular weight excluding hydrogens is 266 g/mol. The summed E-state index contributed by atoms with van der Waals surface area (Å²) in [5, 5.41) is 20.7. The Morgan fingerprint density at radius 2 is 1.95 bits per heavy atom. The van der Waals surface area contributed by atoms with Gasteiger partial charge in [-0.15, -0.1) is 0 Å². The van der Waals surface area contributed by atoms with Gasteiger partial charge in [-0.25, -0.2) is 4.99 Å². The fourth-order valence-corrected chi connectivity index (χ4v) is 1.75. The summed E-state index contributed by atoms with van der Waals surface area (Å²) in [5.74, 6) is 0.666. The number of phenols is 1. The van der Waals surface area contributed by atoms with Crippen molar-refractivity contribution in [2.24, 2.45) is 4.99 Å². The van der Waals surface area contributed by atoms with Crippen LogP contribution in [-0.2, 0) is 6.54 Å². The highest BCUT2D eigenvalue weighted by Crippen LogP contribution is 2.13. The lowest BCUT2D eigenvalue weighted by Crippen LogP contribution is -2.35. The lowest BCUT2D eigenvalue weighted by molar-refractivity contribution is 0.471. The van der Waals surface area contributed by atoms with Crippen LogP contribution in [0.1, 0.15) is 5.56 Å². The second-order valence-electron chi connectivity index (χ2n) is 4.40. The van der Waals surface area contributed by atoms with Crippen molar-refractivity contribution in [2.45, 2.75) is 6.54 Å². The first-order chi connectivity index (χ1) is 10.2. The van der Waals surface area contributed by atoms with Crippen molar-refractivity contribution in [1.29, 1.82) is 5.26 Å². The first kappa shape index (κ1) is 14.3. The third kappa shape index (κ3) is 4.21. The molecule has 0 bridgehead atoms. The number of aromatic nitrogens is 1. The van der Waals surface area contributed by atoms with Crippen molar-refractivity contribution in [2.75, 3.05) is 7.05 Å². The number of nitrogens with one attached hydrogen (secondary N) is 1. The smallest absolute Gasteiger partial charge is 0.212 e. The Bertz CT molecular complexity index is 646. The van der Waals surface area contributed by atoms with Crippen LogP contribution in [0.3, 0.4) is 0 Å². The summed E-state index contributed by atoms with van der Waals surface area (Å²) >= 11 is 0. The Labute approximate surface area is 123 Å². The molecule has 0 spiro atoms. The maximum Gasteiger partial charge on any atom is 0.212 e. The molecular formula is C15H15N5O. The molecule has 0 fully saturated rings. The van der Waals surface area contributed by atoms with Crippen molar-refractivity contribution in [3.05, 3.63) is 54.4 Å². The average Bonchev–Trinajstić information content (AvgIpc) is 2.50. The molecule has 0 unspecified atom stereocenters. The minimum atomic E-state index is 0.224. The SMILES string of the molecule is CN(Cc1ccc(O)cc1)C(=Nc1ccncc1)NC#N. The maximum atomic E-state index is 9.28. The Morgan fingerprint density at radius 3 is 2.57 bits per heavy atom. The normalized spacial score (nSPS) is 10.8. The van der Waals surface area contributed by atoms with Crippen LogP contribution in [0.4, 0.5) is 5.69 Å². The van der Waals surface area contributed by atoms with Gasteiger partial charge < -0.3 is 10.0 Å². The number of nitriles is 1.